The molecule has 8 nitrogen and oxygen atoms in total. The number of fused-ring (bicyclic) bond motifs is 1. The molecule has 0 aromatic heterocycles. The quantitative estimate of drug-likeness (QED) is 0.653. The summed E-state index contributed by atoms with van der Waals surface area (Å²) in [6.07, 6.45) is -0.447. The van der Waals surface area contributed by atoms with Crippen LogP contribution in [0, 0.1) is 23.2 Å². The average molecular weight is 397 g/mol. The average Bonchev–Trinajstić information content (AvgIpc) is 2.93. The molecule has 2 rings (SSSR count). The Kier molecular flexibility index (Phi) is 6.11. The lowest BCUT2D eigenvalue weighted by molar-refractivity contribution is -0.161. The van der Waals surface area contributed by atoms with Crippen molar-refractivity contribution < 1.29 is 33.8 Å². The minimum absolute atomic E-state index is 0.0104. The van der Waals surface area contributed by atoms with Gasteiger partial charge < -0.3 is 19.5 Å². The molecule has 2 aliphatic rings. The smallest absolute Gasteiger partial charge is 0.328 e. The Hall–Kier alpha value is -2.12. The van der Waals surface area contributed by atoms with Gasteiger partial charge in [-0.05, 0) is 38.5 Å². The second-order valence-electron chi connectivity index (χ2n) is 9.33. The van der Waals surface area contributed by atoms with E-state index in [-0.39, 0.29) is 42.4 Å². The number of methoxy groups -OCH3 is 1. The molecular weight excluding hydrogens is 366 g/mol. The molecule has 1 saturated carbocycles. The van der Waals surface area contributed by atoms with Gasteiger partial charge in [0.1, 0.15) is 11.6 Å². The van der Waals surface area contributed by atoms with Crippen LogP contribution >= 0.6 is 0 Å². The standard InChI is InChI=1S/C20H31NO7/c1-19(2,3)28-14(24)9-11(7-8-13(22)23)17(25)21-10-12-15(20(12,4)5)16(21)18(26)27-6/h11-12,15-16H,7-10H2,1-6H3,(H,22,23)/t11-,12?,15+,16+/m1/s1. The molecule has 4 atom stereocenters. The number of hydrogen-bond donors (Lipinski definition) is 1. The topological polar surface area (TPSA) is 110 Å². The molecule has 158 valence electrons. The van der Waals surface area contributed by atoms with Gasteiger partial charge >= 0.3 is 17.9 Å². The van der Waals surface area contributed by atoms with Gasteiger partial charge in [-0.2, -0.15) is 0 Å². The predicted molar refractivity (Wildman–Crippen MR) is 99.1 cm³/mol. The molecule has 0 spiro atoms. The van der Waals surface area contributed by atoms with Gasteiger partial charge in [0.15, 0.2) is 0 Å². The number of rotatable bonds is 7. The minimum Gasteiger partial charge on any atom is -0.481 e. The maximum atomic E-state index is 13.2. The summed E-state index contributed by atoms with van der Waals surface area (Å²) in [6, 6.07) is -0.691. The third-order valence-corrected chi connectivity index (χ3v) is 5.82. The summed E-state index contributed by atoms with van der Waals surface area (Å²) in [7, 11) is 1.29. The van der Waals surface area contributed by atoms with Crippen LogP contribution in [0.5, 0.6) is 0 Å². The van der Waals surface area contributed by atoms with E-state index in [2.05, 4.69) is 13.8 Å². The van der Waals surface area contributed by atoms with Crippen LogP contribution in [0.3, 0.4) is 0 Å². The molecule has 8 heteroatoms. The van der Waals surface area contributed by atoms with E-state index < -0.39 is 35.5 Å². The first-order chi connectivity index (χ1) is 12.8. The first-order valence-corrected chi connectivity index (χ1v) is 9.61. The Labute approximate surface area is 165 Å². The minimum atomic E-state index is -1.04. The highest BCUT2D eigenvalue weighted by Crippen LogP contribution is 2.65. The normalized spacial score (nSPS) is 26.2. The number of likely N-dealkylation sites (tertiary alicyclic amines) is 1. The van der Waals surface area contributed by atoms with Crippen LogP contribution < -0.4 is 0 Å². The largest absolute Gasteiger partial charge is 0.481 e. The van der Waals surface area contributed by atoms with Gasteiger partial charge in [0.25, 0.3) is 0 Å². The zero-order valence-corrected chi connectivity index (χ0v) is 17.5. The highest BCUT2D eigenvalue weighted by Gasteiger charge is 2.70. The molecule has 2 fully saturated rings. The summed E-state index contributed by atoms with van der Waals surface area (Å²) in [5, 5.41) is 9.01. The van der Waals surface area contributed by atoms with Crippen LogP contribution in [0.25, 0.3) is 0 Å². The Morgan fingerprint density at radius 3 is 2.32 bits per heavy atom. The SMILES string of the molecule is COC(=O)[C@@H]1[C@@H]2C(CN1C(=O)[C@H](CCC(=O)O)CC(=O)OC(C)(C)C)C2(C)C. The molecule has 1 amide bonds. The van der Waals surface area contributed by atoms with E-state index in [4.69, 9.17) is 14.6 Å². The summed E-state index contributed by atoms with van der Waals surface area (Å²) in [6.45, 7) is 9.70. The lowest BCUT2D eigenvalue weighted by Gasteiger charge is -2.32. The van der Waals surface area contributed by atoms with Crippen molar-refractivity contribution in [2.45, 2.75) is 65.5 Å². The maximum Gasteiger partial charge on any atom is 0.328 e. The molecule has 0 aromatic rings. The fourth-order valence-electron chi connectivity index (χ4n) is 4.33. The van der Waals surface area contributed by atoms with Crippen LogP contribution in [0.1, 0.15) is 53.9 Å². The summed E-state index contributed by atoms with van der Waals surface area (Å²) in [5.74, 6) is -3.09. The molecular formula is C20H31NO7. The number of esters is 2. The van der Waals surface area contributed by atoms with Crippen LogP contribution in [-0.2, 0) is 28.7 Å². The molecule has 1 aliphatic carbocycles. The van der Waals surface area contributed by atoms with Crippen molar-refractivity contribution in [1.82, 2.24) is 4.90 Å². The molecule has 1 N–H and O–H groups in total. The summed E-state index contributed by atoms with van der Waals surface area (Å²) in [4.78, 5) is 50.3. The van der Waals surface area contributed by atoms with E-state index in [0.29, 0.717) is 6.54 Å². The number of carbonyl (C=O) groups is 4. The van der Waals surface area contributed by atoms with Gasteiger partial charge in [-0.3, -0.25) is 14.4 Å². The van der Waals surface area contributed by atoms with Gasteiger partial charge in [-0.25, -0.2) is 4.79 Å². The van der Waals surface area contributed by atoms with Crippen LogP contribution in [0.15, 0.2) is 0 Å². The van der Waals surface area contributed by atoms with Crippen molar-refractivity contribution in [2.75, 3.05) is 13.7 Å². The van der Waals surface area contributed by atoms with Crippen molar-refractivity contribution in [3.8, 4) is 0 Å². The van der Waals surface area contributed by atoms with Gasteiger partial charge in [0, 0.05) is 24.8 Å². The lowest BCUT2D eigenvalue weighted by atomic mass is 9.94. The van der Waals surface area contributed by atoms with E-state index in [1.165, 1.54) is 12.0 Å². The third-order valence-electron chi connectivity index (χ3n) is 5.82. The number of hydrogen-bond acceptors (Lipinski definition) is 6. The number of carboxylic acids is 1. The van der Waals surface area contributed by atoms with E-state index in [1.54, 1.807) is 20.8 Å². The maximum absolute atomic E-state index is 13.2. The highest BCUT2D eigenvalue weighted by atomic mass is 16.6. The summed E-state index contributed by atoms with van der Waals surface area (Å²) in [5.41, 5.74) is -0.747. The Bertz CT molecular complexity index is 664. The fourth-order valence-corrected chi connectivity index (χ4v) is 4.33. The van der Waals surface area contributed by atoms with E-state index in [9.17, 15) is 19.2 Å². The van der Waals surface area contributed by atoms with Crippen molar-refractivity contribution >= 4 is 23.8 Å². The van der Waals surface area contributed by atoms with Crippen molar-refractivity contribution in [2.24, 2.45) is 23.2 Å². The number of carbonyl (C=O) groups excluding carboxylic acids is 3. The first-order valence-electron chi connectivity index (χ1n) is 9.61. The van der Waals surface area contributed by atoms with Crippen molar-refractivity contribution in [3.05, 3.63) is 0 Å². The number of aliphatic carboxylic acids is 1. The summed E-state index contributed by atoms with van der Waals surface area (Å²) >= 11 is 0. The molecule has 0 aromatic carbocycles. The van der Waals surface area contributed by atoms with Crippen molar-refractivity contribution in [3.63, 3.8) is 0 Å². The third kappa shape index (κ3) is 4.64. The Morgan fingerprint density at radius 1 is 1.21 bits per heavy atom. The zero-order chi connectivity index (χ0) is 21.4. The lowest BCUT2D eigenvalue weighted by Crippen LogP contribution is -2.48. The molecule has 1 unspecified atom stereocenters. The predicted octanol–water partition coefficient (Wildman–Crippen LogP) is 1.86. The van der Waals surface area contributed by atoms with Crippen molar-refractivity contribution in [1.29, 1.82) is 0 Å². The molecule has 1 aliphatic heterocycles. The van der Waals surface area contributed by atoms with Gasteiger partial charge in [0.2, 0.25) is 5.91 Å². The number of amides is 1. The van der Waals surface area contributed by atoms with Crippen LogP contribution in [-0.4, -0.2) is 59.1 Å². The molecule has 0 radical (unpaired) electrons. The molecule has 1 heterocycles. The van der Waals surface area contributed by atoms with E-state index in [0.717, 1.165) is 0 Å². The van der Waals surface area contributed by atoms with Gasteiger partial charge in [-0.15, -0.1) is 0 Å². The number of ether oxygens (including phenoxy) is 2. The monoisotopic (exact) mass is 397 g/mol. The molecule has 1 saturated heterocycles. The van der Waals surface area contributed by atoms with E-state index in [1.807, 2.05) is 0 Å². The highest BCUT2D eigenvalue weighted by molar-refractivity contribution is 5.90. The second-order valence-corrected chi connectivity index (χ2v) is 9.33. The number of piperidine rings is 1. The van der Waals surface area contributed by atoms with Gasteiger partial charge in [0.05, 0.1) is 13.5 Å². The second kappa shape index (κ2) is 7.72. The van der Waals surface area contributed by atoms with Gasteiger partial charge in [-0.1, -0.05) is 13.8 Å². The number of nitrogens with zero attached hydrogens (tertiary/aromatic N) is 1. The molecule has 0 bridgehead atoms. The first kappa shape index (κ1) is 22.2. The Morgan fingerprint density at radius 2 is 1.82 bits per heavy atom. The van der Waals surface area contributed by atoms with Crippen LogP contribution in [0.4, 0.5) is 0 Å². The number of carboxylic acid groups (broad SMARTS) is 1. The van der Waals surface area contributed by atoms with Crippen LogP contribution in [0.2, 0.25) is 0 Å². The fraction of sp³-hybridized carbons (Fsp3) is 0.800. The summed E-state index contributed by atoms with van der Waals surface area (Å²) < 4.78 is 10.2. The van der Waals surface area contributed by atoms with E-state index >= 15 is 0 Å². The molecule has 28 heavy (non-hydrogen) atoms. The zero-order valence-electron chi connectivity index (χ0n) is 17.5. The Balaban J connectivity index is 2.17.